The van der Waals surface area contributed by atoms with Crippen LogP contribution < -0.4 is 9.06 Å². The van der Waals surface area contributed by atoms with Crippen molar-refractivity contribution >= 4 is 23.0 Å². The summed E-state index contributed by atoms with van der Waals surface area (Å²) in [5.74, 6) is 0. The van der Waals surface area contributed by atoms with Crippen LogP contribution in [-0.2, 0) is 0 Å². The van der Waals surface area contributed by atoms with E-state index in [0.29, 0.717) is 4.53 Å². The van der Waals surface area contributed by atoms with Crippen molar-refractivity contribution in [3.63, 3.8) is 0 Å². The summed E-state index contributed by atoms with van der Waals surface area (Å²) in [4.78, 5) is 1.97. The summed E-state index contributed by atoms with van der Waals surface area (Å²) in [6.07, 6.45) is 12.0. The summed E-state index contributed by atoms with van der Waals surface area (Å²) >= 11 is 1.44. The van der Waals surface area contributed by atoms with Crippen LogP contribution in [0.5, 0.6) is 0 Å². The van der Waals surface area contributed by atoms with Gasteiger partial charge in [0.2, 0.25) is 0 Å². The van der Waals surface area contributed by atoms with Crippen LogP contribution in [-0.4, -0.2) is 11.9 Å². The lowest BCUT2D eigenvalue weighted by Crippen LogP contribution is -2.03. The number of hydrogen-bond acceptors (Lipinski definition) is 4. The van der Waals surface area contributed by atoms with Crippen LogP contribution in [0.3, 0.4) is 0 Å². The van der Waals surface area contributed by atoms with E-state index in [1.807, 2.05) is 66.9 Å². The second kappa shape index (κ2) is 5.86. The van der Waals surface area contributed by atoms with E-state index in [-0.39, 0.29) is 5.57 Å². The van der Waals surface area contributed by atoms with E-state index >= 15 is 0 Å². The topological polar surface area (TPSA) is 50.8 Å². The normalized spacial score (nSPS) is 14.2. The predicted molar refractivity (Wildman–Crippen MR) is 76.8 cm³/mol. The molecule has 0 radical (unpaired) electrons. The standard InChI is InChI=1S/C15H11N3S/c1-18-8-6-12(7-9-18)2-3-14-4-5-15(19-14)13(10-16)11-17/h2-9H,1H3/b14-3-. The summed E-state index contributed by atoms with van der Waals surface area (Å²) in [5, 5.41) is 17.6. The Morgan fingerprint density at radius 2 is 1.84 bits per heavy atom. The van der Waals surface area contributed by atoms with E-state index in [1.54, 1.807) is 6.07 Å². The minimum Gasteiger partial charge on any atom is -0.357 e. The lowest BCUT2D eigenvalue weighted by Gasteiger charge is -2.11. The molecule has 0 aromatic carbocycles. The van der Waals surface area contributed by atoms with Crippen LogP contribution in [0.1, 0.15) is 0 Å². The summed E-state index contributed by atoms with van der Waals surface area (Å²) in [6, 6.07) is 7.51. The first-order valence-electron chi connectivity index (χ1n) is 5.63. The molecule has 0 atom stereocenters. The van der Waals surface area contributed by atoms with Gasteiger partial charge >= 0.3 is 0 Å². The van der Waals surface area contributed by atoms with Crippen molar-refractivity contribution in [2.75, 3.05) is 7.05 Å². The van der Waals surface area contributed by atoms with Gasteiger partial charge in [0.25, 0.3) is 0 Å². The lowest BCUT2D eigenvalue weighted by atomic mass is 10.2. The van der Waals surface area contributed by atoms with Gasteiger partial charge in [-0.2, -0.15) is 10.5 Å². The van der Waals surface area contributed by atoms with E-state index in [4.69, 9.17) is 10.5 Å². The molecular weight excluding hydrogens is 254 g/mol. The molecule has 2 heterocycles. The number of allylic oxidation sites excluding steroid dienone is 4. The van der Waals surface area contributed by atoms with Crippen molar-refractivity contribution in [3.8, 4) is 12.1 Å². The highest BCUT2D eigenvalue weighted by atomic mass is 32.1. The fourth-order valence-corrected chi connectivity index (χ4v) is 2.37. The van der Waals surface area contributed by atoms with Crippen LogP contribution in [0, 0.1) is 22.7 Å². The van der Waals surface area contributed by atoms with Crippen molar-refractivity contribution in [1.82, 2.24) is 4.90 Å². The van der Waals surface area contributed by atoms with Crippen molar-refractivity contribution in [1.29, 1.82) is 10.5 Å². The maximum Gasteiger partial charge on any atom is 0.146 e. The molecule has 92 valence electrons. The molecule has 1 aromatic heterocycles. The minimum atomic E-state index is 0.163. The van der Waals surface area contributed by atoms with Gasteiger partial charge in [-0.3, -0.25) is 0 Å². The number of thiophene rings is 1. The van der Waals surface area contributed by atoms with E-state index in [1.165, 1.54) is 11.3 Å². The van der Waals surface area contributed by atoms with Gasteiger partial charge in [-0.15, -0.1) is 11.3 Å². The summed E-state index contributed by atoms with van der Waals surface area (Å²) < 4.78 is 1.73. The first-order chi connectivity index (χ1) is 9.22. The SMILES string of the molecule is CN1C=CC(=C/C=c2/ccc(=C(C#N)C#N)s2)C=C1. The van der Waals surface area contributed by atoms with Crippen LogP contribution in [0.4, 0.5) is 0 Å². The summed E-state index contributed by atoms with van der Waals surface area (Å²) in [6.45, 7) is 0. The Morgan fingerprint density at radius 3 is 2.47 bits per heavy atom. The van der Waals surface area contributed by atoms with Gasteiger partial charge in [0.15, 0.2) is 0 Å². The van der Waals surface area contributed by atoms with Gasteiger partial charge < -0.3 is 4.90 Å². The quantitative estimate of drug-likeness (QED) is 0.775. The van der Waals surface area contributed by atoms with E-state index < -0.39 is 0 Å². The van der Waals surface area contributed by atoms with Gasteiger partial charge in [-0.25, -0.2) is 0 Å². The molecule has 0 bridgehead atoms. The highest BCUT2D eigenvalue weighted by molar-refractivity contribution is 7.07. The average molecular weight is 265 g/mol. The number of nitriles is 2. The summed E-state index contributed by atoms with van der Waals surface area (Å²) in [7, 11) is 1.97. The molecule has 0 fully saturated rings. The predicted octanol–water partition coefficient (Wildman–Crippen LogP) is 1.63. The largest absolute Gasteiger partial charge is 0.357 e. The monoisotopic (exact) mass is 265 g/mol. The Bertz CT molecular complexity index is 732. The second-order valence-corrected chi connectivity index (χ2v) is 5.05. The molecule has 0 spiro atoms. The first kappa shape index (κ1) is 12.9. The molecule has 0 N–H and O–H groups in total. The van der Waals surface area contributed by atoms with Crippen molar-refractivity contribution in [3.05, 3.63) is 57.4 Å². The molecule has 1 aromatic rings. The number of rotatable bonds is 1. The highest BCUT2D eigenvalue weighted by Gasteiger charge is 1.96. The Morgan fingerprint density at radius 1 is 1.16 bits per heavy atom. The maximum absolute atomic E-state index is 8.80. The molecule has 0 saturated heterocycles. The van der Waals surface area contributed by atoms with Gasteiger partial charge in [-0.05, 0) is 35.9 Å². The molecule has 2 rings (SSSR count). The fraction of sp³-hybridized carbons (Fsp3) is 0.0667. The Hall–Kier alpha value is -2.56. The molecule has 19 heavy (non-hydrogen) atoms. The van der Waals surface area contributed by atoms with E-state index in [0.717, 1.165) is 10.1 Å². The third-order valence-corrected chi connectivity index (χ3v) is 3.61. The second-order valence-electron chi connectivity index (χ2n) is 3.93. The number of nitrogens with zero attached hydrogens (tertiary/aromatic N) is 3. The zero-order valence-electron chi connectivity index (χ0n) is 10.4. The molecule has 0 amide bonds. The molecule has 0 unspecified atom stereocenters. The number of hydrogen-bond donors (Lipinski definition) is 0. The molecule has 1 aliphatic heterocycles. The molecule has 3 nitrogen and oxygen atoms in total. The Balaban J connectivity index is 2.33. The van der Waals surface area contributed by atoms with E-state index in [2.05, 4.69) is 0 Å². The van der Waals surface area contributed by atoms with Crippen molar-refractivity contribution in [2.24, 2.45) is 0 Å². The zero-order chi connectivity index (χ0) is 13.7. The van der Waals surface area contributed by atoms with E-state index in [9.17, 15) is 0 Å². The first-order valence-corrected chi connectivity index (χ1v) is 6.45. The van der Waals surface area contributed by atoms with Crippen molar-refractivity contribution in [2.45, 2.75) is 0 Å². The van der Waals surface area contributed by atoms with Gasteiger partial charge in [0.05, 0.1) is 4.53 Å². The Labute approximate surface area is 115 Å². The smallest absolute Gasteiger partial charge is 0.146 e. The third kappa shape index (κ3) is 3.22. The van der Waals surface area contributed by atoms with Crippen molar-refractivity contribution < 1.29 is 0 Å². The van der Waals surface area contributed by atoms with Crippen LogP contribution in [0.15, 0.2) is 48.3 Å². The molecule has 4 heteroatoms. The molecular formula is C15H11N3S. The average Bonchev–Trinajstić information content (AvgIpc) is 2.88. The van der Waals surface area contributed by atoms with Gasteiger partial charge in [-0.1, -0.05) is 6.08 Å². The molecule has 0 aliphatic carbocycles. The van der Waals surface area contributed by atoms with Gasteiger partial charge in [0, 0.05) is 24.0 Å². The zero-order valence-corrected chi connectivity index (χ0v) is 11.2. The highest BCUT2D eigenvalue weighted by Crippen LogP contribution is 2.07. The minimum absolute atomic E-state index is 0.163. The lowest BCUT2D eigenvalue weighted by molar-refractivity contribution is 0.620. The van der Waals surface area contributed by atoms with Crippen LogP contribution >= 0.6 is 11.3 Å². The Kier molecular flexibility index (Phi) is 3.97. The molecule has 1 aliphatic rings. The third-order valence-electron chi connectivity index (χ3n) is 2.54. The van der Waals surface area contributed by atoms with Crippen LogP contribution in [0.25, 0.3) is 11.6 Å². The van der Waals surface area contributed by atoms with Crippen LogP contribution in [0.2, 0.25) is 0 Å². The maximum atomic E-state index is 8.80. The summed E-state index contributed by atoms with van der Waals surface area (Å²) in [5.41, 5.74) is 1.27. The molecule has 0 saturated carbocycles. The fourth-order valence-electron chi connectivity index (χ4n) is 1.51. The van der Waals surface area contributed by atoms with Gasteiger partial charge in [0.1, 0.15) is 17.7 Å².